The summed E-state index contributed by atoms with van der Waals surface area (Å²) in [5, 5.41) is 33.1. The first-order valence-electron chi connectivity index (χ1n) is 21.3. The molecule has 3 atom stereocenters. The van der Waals surface area contributed by atoms with E-state index in [1.165, 1.54) is 141 Å². The standard InChI is InChI=1S/C44H83NO4/c1-3-5-7-9-11-13-15-17-19-20-21-22-23-24-26-28-30-32-34-36-38-43(48)42(40-46)45-44(49)39-41(47)37-35-33-31-29-27-25-18-16-14-12-10-8-6-4-2/h25,27-28,30,36,38,41-43,46-48H,3-24,26,29,31-35,37,39-40H2,1-2H3,(H,45,49)/b27-25-,30-28+,38-36+. The van der Waals surface area contributed by atoms with Crippen LogP contribution in [0.25, 0.3) is 0 Å². The highest BCUT2D eigenvalue weighted by Crippen LogP contribution is 2.14. The third-order valence-electron chi connectivity index (χ3n) is 9.65. The largest absolute Gasteiger partial charge is 0.394 e. The van der Waals surface area contributed by atoms with Crippen LogP contribution in [-0.2, 0) is 4.79 Å². The van der Waals surface area contributed by atoms with Crippen LogP contribution in [-0.4, -0.2) is 46.1 Å². The van der Waals surface area contributed by atoms with Gasteiger partial charge in [-0.15, -0.1) is 0 Å². The van der Waals surface area contributed by atoms with Gasteiger partial charge < -0.3 is 20.6 Å². The Balaban J connectivity index is 3.74. The average Bonchev–Trinajstić information content (AvgIpc) is 3.09. The van der Waals surface area contributed by atoms with Crippen LogP contribution in [0.4, 0.5) is 0 Å². The molecule has 0 bridgehead atoms. The second-order valence-electron chi connectivity index (χ2n) is 14.6. The van der Waals surface area contributed by atoms with Crippen molar-refractivity contribution in [1.29, 1.82) is 0 Å². The van der Waals surface area contributed by atoms with Gasteiger partial charge in [-0.25, -0.2) is 0 Å². The van der Waals surface area contributed by atoms with Crippen LogP contribution < -0.4 is 5.32 Å². The molecule has 0 fully saturated rings. The van der Waals surface area contributed by atoms with Crippen molar-refractivity contribution in [2.24, 2.45) is 0 Å². The molecular weight excluding hydrogens is 606 g/mol. The minimum absolute atomic E-state index is 0.00458. The molecule has 1 amide bonds. The van der Waals surface area contributed by atoms with Crippen molar-refractivity contribution in [3.63, 3.8) is 0 Å². The zero-order valence-corrected chi connectivity index (χ0v) is 32.6. The number of carbonyl (C=O) groups excluding carboxylic acids is 1. The minimum atomic E-state index is -0.954. The van der Waals surface area contributed by atoms with Crippen molar-refractivity contribution >= 4 is 5.91 Å². The van der Waals surface area contributed by atoms with E-state index in [9.17, 15) is 20.1 Å². The summed E-state index contributed by atoms with van der Waals surface area (Å²) in [4.78, 5) is 12.4. The van der Waals surface area contributed by atoms with Crippen molar-refractivity contribution in [3.05, 3.63) is 36.5 Å². The maximum atomic E-state index is 12.4. The van der Waals surface area contributed by atoms with E-state index in [1.54, 1.807) is 6.08 Å². The van der Waals surface area contributed by atoms with Crippen LogP contribution in [0.2, 0.25) is 0 Å². The monoisotopic (exact) mass is 690 g/mol. The summed E-state index contributed by atoms with van der Waals surface area (Å²) in [5.41, 5.74) is 0. The number of nitrogens with one attached hydrogen (secondary N) is 1. The Hall–Kier alpha value is -1.43. The Kier molecular flexibility index (Phi) is 38.2. The van der Waals surface area contributed by atoms with Gasteiger partial charge in [-0.1, -0.05) is 185 Å². The molecule has 4 N–H and O–H groups in total. The summed E-state index contributed by atoms with van der Waals surface area (Å²) in [5.74, 6) is -0.335. The smallest absolute Gasteiger partial charge is 0.222 e. The molecule has 0 aliphatic rings. The van der Waals surface area contributed by atoms with Gasteiger partial charge in [-0.3, -0.25) is 4.79 Å². The molecule has 0 aliphatic heterocycles. The molecule has 0 aromatic rings. The number of aliphatic hydroxyl groups excluding tert-OH is 3. The van der Waals surface area contributed by atoms with Crippen molar-refractivity contribution in [2.75, 3.05) is 6.61 Å². The van der Waals surface area contributed by atoms with Crippen molar-refractivity contribution in [3.8, 4) is 0 Å². The average molecular weight is 690 g/mol. The number of carbonyl (C=O) groups is 1. The first-order valence-corrected chi connectivity index (χ1v) is 21.3. The first-order chi connectivity index (χ1) is 24.0. The highest BCUT2D eigenvalue weighted by atomic mass is 16.3. The van der Waals surface area contributed by atoms with E-state index in [1.807, 2.05) is 6.08 Å². The quantitative estimate of drug-likeness (QED) is 0.0384. The molecular formula is C44H83NO4. The maximum Gasteiger partial charge on any atom is 0.222 e. The SMILES string of the molecule is CCCCCCCCC/C=C\CCCCCC(O)CC(=O)NC(CO)C(O)/C=C/CC/C=C/CCCCCCCCCCCCCCCC. The summed E-state index contributed by atoms with van der Waals surface area (Å²) in [7, 11) is 0. The third-order valence-corrected chi connectivity index (χ3v) is 9.65. The van der Waals surface area contributed by atoms with Gasteiger partial charge in [0.15, 0.2) is 0 Å². The van der Waals surface area contributed by atoms with Gasteiger partial charge in [0.1, 0.15) is 0 Å². The molecule has 0 aliphatic carbocycles. The van der Waals surface area contributed by atoms with E-state index < -0.39 is 18.2 Å². The van der Waals surface area contributed by atoms with Gasteiger partial charge in [0.05, 0.1) is 31.3 Å². The van der Waals surface area contributed by atoms with Crippen LogP contribution in [0.1, 0.15) is 213 Å². The fourth-order valence-electron chi connectivity index (χ4n) is 6.35. The molecule has 288 valence electrons. The maximum absolute atomic E-state index is 12.4. The third kappa shape index (κ3) is 36.2. The van der Waals surface area contributed by atoms with Crippen LogP contribution in [0.5, 0.6) is 0 Å². The number of hydrogen-bond donors (Lipinski definition) is 4. The lowest BCUT2D eigenvalue weighted by Crippen LogP contribution is -2.45. The summed E-state index contributed by atoms with van der Waals surface area (Å²) >= 11 is 0. The molecule has 0 radical (unpaired) electrons. The normalized spacial score (nSPS) is 14.0. The summed E-state index contributed by atoms with van der Waals surface area (Å²) in [6.07, 6.45) is 48.6. The van der Waals surface area contributed by atoms with Gasteiger partial charge in [0, 0.05) is 0 Å². The van der Waals surface area contributed by atoms with Crippen LogP contribution in [0, 0.1) is 0 Å². The molecule has 49 heavy (non-hydrogen) atoms. The highest BCUT2D eigenvalue weighted by molar-refractivity contribution is 5.76. The number of allylic oxidation sites excluding steroid dienone is 5. The number of rotatable bonds is 38. The topological polar surface area (TPSA) is 89.8 Å². The number of unbranched alkanes of at least 4 members (excludes halogenated alkanes) is 25. The highest BCUT2D eigenvalue weighted by Gasteiger charge is 2.20. The Bertz CT molecular complexity index is 764. The van der Waals surface area contributed by atoms with E-state index in [0.29, 0.717) is 6.42 Å². The Morgan fingerprint density at radius 2 is 0.878 bits per heavy atom. The number of hydrogen-bond acceptors (Lipinski definition) is 4. The summed E-state index contributed by atoms with van der Waals surface area (Å²) in [6, 6.07) is -0.764. The lowest BCUT2D eigenvalue weighted by atomic mass is 10.0. The van der Waals surface area contributed by atoms with Gasteiger partial charge in [0.25, 0.3) is 0 Å². The van der Waals surface area contributed by atoms with Crippen LogP contribution >= 0.6 is 0 Å². The fourth-order valence-corrected chi connectivity index (χ4v) is 6.35. The molecule has 0 rings (SSSR count). The Morgan fingerprint density at radius 3 is 1.31 bits per heavy atom. The summed E-state index contributed by atoms with van der Waals surface area (Å²) < 4.78 is 0. The van der Waals surface area contributed by atoms with Crippen molar-refractivity contribution in [2.45, 2.75) is 231 Å². The number of amides is 1. The lowest BCUT2D eigenvalue weighted by Gasteiger charge is -2.20. The van der Waals surface area contributed by atoms with E-state index >= 15 is 0 Å². The Morgan fingerprint density at radius 1 is 0.510 bits per heavy atom. The van der Waals surface area contributed by atoms with E-state index in [0.717, 1.165) is 44.9 Å². The van der Waals surface area contributed by atoms with Crippen molar-refractivity contribution < 1.29 is 20.1 Å². The molecule has 0 saturated carbocycles. The molecule has 5 heteroatoms. The van der Waals surface area contributed by atoms with Crippen LogP contribution in [0.15, 0.2) is 36.5 Å². The summed E-state index contributed by atoms with van der Waals surface area (Å²) in [6.45, 7) is 4.19. The molecule has 0 spiro atoms. The Labute approximate surface area is 304 Å². The molecule has 0 aromatic heterocycles. The lowest BCUT2D eigenvalue weighted by molar-refractivity contribution is -0.124. The second kappa shape index (κ2) is 39.4. The van der Waals surface area contributed by atoms with E-state index in [2.05, 4.69) is 43.5 Å². The fraction of sp³-hybridized carbons (Fsp3) is 0.841. The predicted octanol–water partition coefficient (Wildman–Crippen LogP) is 12.0. The van der Waals surface area contributed by atoms with Crippen LogP contribution in [0.3, 0.4) is 0 Å². The molecule has 3 unspecified atom stereocenters. The zero-order chi connectivity index (χ0) is 35.9. The second-order valence-corrected chi connectivity index (χ2v) is 14.6. The molecule has 0 heterocycles. The van der Waals surface area contributed by atoms with E-state index in [4.69, 9.17) is 0 Å². The molecule has 0 aromatic carbocycles. The first kappa shape index (κ1) is 47.6. The van der Waals surface area contributed by atoms with Crippen molar-refractivity contribution in [1.82, 2.24) is 5.32 Å². The predicted molar refractivity (Wildman–Crippen MR) is 213 cm³/mol. The molecule has 0 saturated heterocycles. The number of aliphatic hydroxyl groups is 3. The minimum Gasteiger partial charge on any atom is -0.394 e. The van der Waals surface area contributed by atoms with E-state index in [-0.39, 0.29) is 18.9 Å². The molecule has 5 nitrogen and oxygen atoms in total. The van der Waals surface area contributed by atoms with Gasteiger partial charge in [-0.05, 0) is 57.8 Å². The van der Waals surface area contributed by atoms with Gasteiger partial charge >= 0.3 is 0 Å². The zero-order valence-electron chi connectivity index (χ0n) is 32.6. The van der Waals surface area contributed by atoms with Gasteiger partial charge in [-0.2, -0.15) is 0 Å². The van der Waals surface area contributed by atoms with Gasteiger partial charge in [0.2, 0.25) is 5.91 Å².